The van der Waals surface area contributed by atoms with Gasteiger partial charge in [-0.3, -0.25) is 4.90 Å². The van der Waals surface area contributed by atoms with Gasteiger partial charge in [0.15, 0.2) is 0 Å². The van der Waals surface area contributed by atoms with Crippen molar-refractivity contribution in [3.8, 4) is 11.8 Å². The fourth-order valence-corrected chi connectivity index (χ4v) is 3.82. The molecule has 5 heteroatoms. The van der Waals surface area contributed by atoms with Crippen LogP contribution in [0.25, 0.3) is 5.69 Å². The standard InChI is InChI=1S/C18H21N5/c1-22-11-5-4-8-16(22)17-14-9-10-20-18(14)23(21-17)15-7-3-2-6-13(15)12-19/h2-3,6-7,16,20H,4-5,8-11H2,1H3. The molecule has 1 aromatic heterocycles. The highest BCUT2D eigenvalue weighted by atomic mass is 15.4. The third-order valence-electron chi connectivity index (χ3n) is 5.02. The molecule has 1 saturated heterocycles. The predicted molar refractivity (Wildman–Crippen MR) is 89.7 cm³/mol. The summed E-state index contributed by atoms with van der Waals surface area (Å²) in [5.74, 6) is 1.07. The Labute approximate surface area is 136 Å². The number of fused-ring (bicyclic) bond motifs is 1. The monoisotopic (exact) mass is 307 g/mol. The number of nitriles is 1. The zero-order chi connectivity index (χ0) is 15.8. The molecule has 4 rings (SSSR count). The largest absolute Gasteiger partial charge is 0.369 e. The van der Waals surface area contributed by atoms with E-state index < -0.39 is 0 Å². The van der Waals surface area contributed by atoms with E-state index in [1.165, 1.54) is 30.5 Å². The van der Waals surface area contributed by atoms with Crippen molar-refractivity contribution in [3.05, 3.63) is 41.1 Å². The van der Waals surface area contributed by atoms with Gasteiger partial charge in [-0.05, 0) is 45.0 Å². The van der Waals surface area contributed by atoms with E-state index in [2.05, 4.69) is 23.3 Å². The summed E-state index contributed by atoms with van der Waals surface area (Å²) in [6.07, 6.45) is 4.72. The van der Waals surface area contributed by atoms with Crippen LogP contribution in [0.3, 0.4) is 0 Å². The van der Waals surface area contributed by atoms with Gasteiger partial charge in [-0.25, -0.2) is 4.68 Å². The van der Waals surface area contributed by atoms with Crippen LogP contribution in [0.2, 0.25) is 0 Å². The van der Waals surface area contributed by atoms with E-state index in [9.17, 15) is 5.26 Å². The molecule has 0 aliphatic carbocycles. The van der Waals surface area contributed by atoms with Crippen LogP contribution in [0.4, 0.5) is 5.82 Å². The van der Waals surface area contributed by atoms with Crippen LogP contribution >= 0.6 is 0 Å². The summed E-state index contributed by atoms with van der Waals surface area (Å²) in [7, 11) is 2.20. The summed E-state index contributed by atoms with van der Waals surface area (Å²) in [6, 6.07) is 10.4. The molecule has 0 bridgehead atoms. The maximum absolute atomic E-state index is 9.41. The van der Waals surface area contributed by atoms with Gasteiger partial charge in [-0.1, -0.05) is 18.6 Å². The quantitative estimate of drug-likeness (QED) is 0.927. The van der Waals surface area contributed by atoms with Gasteiger partial charge in [-0.15, -0.1) is 0 Å². The molecule has 1 aromatic carbocycles. The summed E-state index contributed by atoms with van der Waals surface area (Å²) in [6.45, 7) is 2.08. The Morgan fingerprint density at radius 2 is 2.17 bits per heavy atom. The maximum Gasteiger partial charge on any atom is 0.133 e. The van der Waals surface area contributed by atoms with Gasteiger partial charge in [-0.2, -0.15) is 10.4 Å². The smallest absolute Gasteiger partial charge is 0.133 e. The Bertz CT molecular complexity index is 770. The number of aromatic nitrogens is 2. The lowest BCUT2D eigenvalue weighted by molar-refractivity contribution is 0.182. The Balaban J connectivity index is 1.84. The molecule has 1 fully saturated rings. The van der Waals surface area contributed by atoms with Gasteiger partial charge < -0.3 is 5.32 Å². The van der Waals surface area contributed by atoms with Crippen molar-refractivity contribution in [2.45, 2.75) is 31.7 Å². The molecule has 0 saturated carbocycles. The second kappa shape index (κ2) is 5.71. The minimum atomic E-state index is 0.396. The molecule has 1 N–H and O–H groups in total. The molecule has 2 aliphatic heterocycles. The first-order valence-corrected chi connectivity index (χ1v) is 8.35. The molecule has 2 aliphatic rings. The van der Waals surface area contributed by atoms with E-state index in [-0.39, 0.29) is 0 Å². The topological polar surface area (TPSA) is 56.9 Å². The number of nitrogens with one attached hydrogen (secondary N) is 1. The number of para-hydroxylation sites is 1. The van der Waals surface area contributed by atoms with Crippen LogP contribution in [0.5, 0.6) is 0 Å². The van der Waals surface area contributed by atoms with E-state index in [1.807, 2.05) is 28.9 Å². The van der Waals surface area contributed by atoms with E-state index in [0.717, 1.165) is 31.0 Å². The molecule has 0 radical (unpaired) electrons. The number of hydrogen-bond acceptors (Lipinski definition) is 4. The third kappa shape index (κ3) is 2.30. The summed E-state index contributed by atoms with van der Waals surface area (Å²) in [5.41, 5.74) is 4.05. The molecule has 5 nitrogen and oxygen atoms in total. The molecule has 1 unspecified atom stereocenters. The first kappa shape index (κ1) is 14.3. The maximum atomic E-state index is 9.41. The van der Waals surface area contributed by atoms with E-state index in [1.54, 1.807) is 0 Å². The van der Waals surface area contributed by atoms with Crippen molar-refractivity contribution in [1.29, 1.82) is 5.26 Å². The molecule has 0 spiro atoms. The number of rotatable bonds is 2. The minimum absolute atomic E-state index is 0.396. The second-order valence-electron chi connectivity index (χ2n) is 6.42. The number of benzene rings is 1. The van der Waals surface area contributed by atoms with E-state index in [0.29, 0.717) is 11.6 Å². The number of anilines is 1. The van der Waals surface area contributed by atoms with E-state index in [4.69, 9.17) is 5.10 Å². The van der Waals surface area contributed by atoms with Crippen molar-refractivity contribution < 1.29 is 0 Å². The Morgan fingerprint density at radius 3 is 3.00 bits per heavy atom. The Kier molecular flexibility index (Phi) is 3.55. The fourth-order valence-electron chi connectivity index (χ4n) is 3.82. The number of hydrogen-bond donors (Lipinski definition) is 1. The van der Waals surface area contributed by atoms with Crippen molar-refractivity contribution >= 4 is 5.82 Å². The van der Waals surface area contributed by atoms with Crippen LogP contribution in [-0.2, 0) is 6.42 Å². The highest BCUT2D eigenvalue weighted by molar-refractivity contribution is 5.60. The summed E-state index contributed by atoms with van der Waals surface area (Å²) < 4.78 is 1.94. The molecule has 1 atom stereocenters. The van der Waals surface area contributed by atoms with Gasteiger partial charge in [0.05, 0.1) is 23.0 Å². The first-order chi connectivity index (χ1) is 11.3. The second-order valence-corrected chi connectivity index (χ2v) is 6.42. The summed E-state index contributed by atoms with van der Waals surface area (Å²) in [4.78, 5) is 2.42. The molecular weight excluding hydrogens is 286 g/mol. The van der Waals surface area contributed by atoms with E-state index >= 15 is 0 Å². The zero-order valence-corrected chi connectivity index (χ0v) is 13.4. The van der Waals surface area contributed by atoms with Crippen molar-refractivity contribution in [2.24, 2.45) is 0 Å². The number of piperidine rings is 1. The van der Waals surface area contributed by atoms with Crippen molar-refractivity contribution in [2.75, 3.05) is 25.5 Å². The van der Waals surface area contributed by atoms with Crippen LogP contribution in [-0.4, -0.2) is 34.8 Å². The van der Waals surface area contributed by atoms with Crippen LogP contribution in [0.15, 0.2) is 24.3 Å². The highest BCUT2D eigenvalue weighted by Crippen LogP contribution is 2.37. The molecule has 3 heterocycles. The number of likely N-dealkylation sites (tertiary alicyclic amines) is 1. The lowest BCUT2D eigenvalue weighted by Crippen LogP contribution is -2.30. The fraction of sp³-hybridized carbons (Fsp3) is 0.444. The van der Waals surface area contributed by atoms with Crippen molar-refractivity contribution in [1.82, 2.24) is 14.7 Å². The predicted octanol–water partition coefficient (Wildman–Crippen LogP) is 2.87. The van der Waals surface area contributed by atoms with Gasteiger partial charge in [0, 0.05) is 12.1 Å². The van der Waals surface area contributed by atoms with Crippen LogP contribution in [0, 0.1) is 11.3 Å². The van der Waals surface area contributed by atoms with Crippen LogP contribution in [0.1, 0.15) is 42.1 Å². The highest BCUT2D eigenvalue weighted by Gasteiger charge is 2.31. The average Bonchev–Trinajstić information content (AvgIpc) is 3.18. The average molecular weight is 307 g/mol. The Morgan fingerprint density at radius 1 is 1.30 bits per heavy atom. The lowest BCUT2D eigenvalue weighted by atomic mass is 9.97. The SMILES string of the molecule is CN1CCCCC1c1nn(-c2ccccc2C#N)c2c1CCN2. The van der Waals surface area contributed by atoms with Gasteiger partial charge in [0.1, 0.15) is 11.9 Å². The summed E-state index contributed by atoms with van der Waals surface area (Å²) in [5, 5.41) is 17.8. The summed E-state index contributed by atoms with van der Waals surface area (Å²) >= 11 is 0. The molecular formula is C18H21N5. The lowest BCUT2D eigenvalue weighted by Gasteiger charge is -2.31. The molecule has 0 amide bonds. The number of nitrogens with zero attached hydrogens (tertiary/aromatic N) is 4. The first-order valence-electron chi connectivity index (χ1n) is 8.35. The zero-order valence-electron chi connectivity index (χ0n) is 13.4. The van der Waals surface area contributed by atoms with Crippen LogP contribution < -0.4 is 5.32 Å². The van der Waals surface area contributed by atoms with Gasteiger partial charge in [0.2, 0.25) is 0 Å². The normalized spacial score (nSPS) is 20.8. The molecule has 23 heavy (non-hydrogen) atoms. The van der Waals surface area contributed by atoms with Crippen molar-refractivity contribution in [3.63, 3.8) is 0 Å². The molecule has 2 aromatic rings. The minimum Gasteiger partial charge on any atom is -0.369 e. The third-order valence-corrected chi connectivity index (χ3v) is 5.02. The Hall–Kier alpha value is -2.32. The van der Waals surface area contributed by atoms with Gasteiger partial charge in [0.25, 0.3) is 0 Å². The molecule has 118 valence electrons. The van der Waals surface area contributed by atoms with Gasteiger partial charge >= 0.3 is 0 Å².